The Kier molecular flexibility index (Phi) is 5.86. The number of carbonyl (C=O) groups is 1. The quantitative estimate of drug-likeness (QED) is 0.402. The second kappa shape index (κ2) is 7.68. The van der Waals surface area contributed by atoms with Crippen LogP contribution in [-0.2, 0) is 0 Å². The van der Waals surface area contributed by atoms with Crippen molar-refractivity contribution in [2.45, 2.75) is 18.0 Å². The summed E-state index contributed by atoms with van der Waals surface area (Å²) >= 11 is 0. The van der Waals surface area contributed by atoms with Crippen molar-refractivity contribution in [1.29, 1.82) is 0 Å². The highest BCUT2D eigenvalue weighted by atomic mass is 19.4. The van der Waals surface area contributed by atoms with Crippen LogP contribution < -0.4 is 9.47 Å². The van der Waals surface area contributed by atoms with Crippen LogP contribution in [0, 0.1) is 0 Å². The second-order valence-corrected chi connectivity index (χ2v) is 5.63. The standard InChI is InChI=1S/C17H11F7O5/c18-15(19,16(20,21)17(22,23)24)8-28-10-2-4-11(5-3-10)29-14(27)12-6-1-9(25)7-13(12)26/h1-7,25-26H,8H2. The van der Waals surface area contributed by atoms with E-state index in [1.165, 1.54) is 0 Å². The summed E-state index contributed by atoms with van der Waals surface area (Å²) in [6.45, 7) is -2.25. The van der Waals surface area contributed by atoms with Crippen LogP contribution in [0.3, 0.4) is 0 Å². The van der Waals surface area contributed by atoms with Crippen LogP contribution in [0.4, 0.5) is 30.7 Å². The van der Waals surface area contributed by atoms with Gasteiger partial charge in [0.15, 0.2) is 6.61 Å². The highest BCUT2D eigenvalue weighted by Crippen LogP contribution is 2.46. The number of hydrogen-bond donors (Lipinski definition) is 2. The number of halogens is 7. The Labute approximate surface area is 157 Å². The van der Waals surface area contributed by atoms with Gasteiger partial charge in [0.2, 0.25) is 0 Å². The van der Waals surface area contributed by atoms with Gasteiger partial charge in [-0.2, -0.15) is 30.7 Å². The minimum absolute atomic E-state index is 0.179. The Morgan fingerprint density at radius 1 is 0.862 bits per heavy atom. The van der Waals surface area contributed by atoms with Crippen LogP contribution >= 0.6 is 0 Å². The molecule has 2 aromatic rings. The lowest BCUT2D eigenvalue weighted by atomic mass is 10.2. The van der Waals surface area contributed by atoms with E-state index in [9.17, 15) is 40.6 Å². The molecule has 29 heavy (non-hydrogen) atoms. The molecule has 0 saturated carbocycles. The van der Waals surface area contributed by atoms with E-state index in [1.807, 2.05) is 0 Å². The molecule has 0 amide bonds. The molecule has 0 saturated heterocycles. The number of esters is 1. The van der Waals surface area contributed by atoms with E-state index in [0.717, 1.165) is 42.5 Å². The van der Waals surface area contributed by atoms with E-state index >= 15 is 0 Å². The van der Waals surface area contributed by atoms with Crippen molar-refractivity contribution < 1.29 is 55.2 Å². The minimum Gasteiger partial charge on any atom is -0.508 e. The van der Waals surface area contributed by atoms with Gasteiger partial charge in [0.1, 0.15) is 28.6 Å². The molecule has 158 valence electrons. The molecule has 0 aliphatic heterocycles. The van der Waals surface area contributed by atoms with Crippen molar-refractivity contribution in [3.8, 4) is 23.0 Å². The van der Waals surface area contributed by atoms with Gasteiger partial charge in [-0.25, -0.2) is 4.79 Å². The normalized spacial score (nSPS) is 12.5. The van der Waals surface area contributed by atoms with E-state index < -0.39 is 42.1 Å². The predicted molar refractivity (Wildman–Crippen MR) is 82.6 cm³/mol. The maximum atomic E-state index is 13.2. The summed E-state index contributed by atoms with van der Waals surface area (Å²) in [5, 5.41) is 18.7. The van der Waals surface area contributed by atoms with Crippen LogP contribution in [0.15, 0.2) is 42.5 Å². The molecule has 0 heterocycles. The summed E-state index contributed by atoms with van der Waals surface area (Å²) in [4.78, 5) is 11.9. The van der Waals surface area contributed by atoms with Crippen molar-refractivity contribution in [3.05, 3.63) is 48.0 Å². The van der Waals surface area contributed by atoms with Gasteiger partial charge in [-0.3, -0.25) is 0 Å². The van der Waals surface area contributed by atoms with Gasteiger partial charge in [0, 0.05) is 6.07 Å². The molecule has 0 atom stereocenters. The monoisotopic (exact) mass is 428 g/mol. The average molecular weight is 428 g/mol. The molecule has 12 heteroatoms. The van der Waals surface area contributed by atoms with Gasteiger partial charge in [0.05, 0.1) is 0 Å². The number of ether oxygens (including phenoxy) is 2. The van der Waals surface area contributed by atoms with Gasteiger partial charge in [-0.15, -0.1) is 0 Å². The molecule has 0 fully saturated rings. The lowest BCUT2D eigenvalue weighted by Crippen LogP contribution is -2.54. The number of rotatable bonds is 6. The third-order valence-electron chi connectivity index (χ3n) is 3.47. The summed E-state index contributed by atoms with van der Waals surface area (Å²) in [6.07, 6.45) is -6.46. The fraction of sp³-hybridized carbons (Fsp3) is 0.235. The Hall–Kier alpha value is -3.18. The molecule has 0 aromatic heterocycles. The fourth-order valence-electron chi connectivity index (χ4n) is 1.93. The topological polar surface area (TPSA) is 76.0 Å². The van der Waals surface area contributed by atoms with Gasteiger partial charge in [-0.05, 0) is 36.4 Å². The minimum atomic E-state index is -6.46. The molecule has 2 aromatic carbocycles. The van der Waals surface area contributed by atoms with Crippen molar-refractivity contribution in [3.63, 3.8) is 0 Å². The molecule has 0 unspecified atom stereocenters. The zero-order valence-electron chi connectivity index (χ0n) is 14.0. The Morgan fingerprint density at radius 2 is 1.41 bits per heavy atom. The SMILES string of the molecule is O=C(Oc1ccc(OCC(F)(F)C(F)(F)C(F)(F)F)cc1)c1ccc(O)cc1O. The maximum Gasteiger partial charge on any atom is 0.460 e. The van der Waals surface area contributed by atoms with Crippen LogP contribution in [0.1, 0.15) is 10.4 Å². The van der Waals surface area contributed by atoms with E-state index in [1.54, 1.807) is 0 Å². The molecule has 0 bridgehead atoms. The molecule has 0 radical (unpaired) electrons. The first-order valence-electron chi connectivity index (χ1n) is 7.54. The van der Waals surface area contributed by atoms with Crippen molar-refractivity contribution in [2.75, 3.05) is 6.61 Å². The van der Waals surface area contributed by atoms with Crippen LogP contribution in [0.2, 0.25) is 0 Å². The van der Waals surface area contributed by atoms with E-state index in [4.69, 9.17) is 9.84 Å². The Bertz CT molecular complexity index is 879. The van der Waals surface area contributed by atoms with Crippen molar-refractivity contribution in [2.24, 2.45) is 0 Å². The van der Waals surface area contributed by atoms with Crippen LogP contribution in [-0.4, -0.2) is 40.8 Å². The zero-order chi connectivity index (χ0) is 22.0. The molecular weight excluding hydrogens is 417 g/mol. The van der Waals surface area contributed by atoms with Gasteiger partial charge < -0.3 is 19.7 Å². The summed E-state index contributed by atoms with van der Waals surface area (Å²) in [6, 6.07) is 6.81. The highest BCUT2D eigenvalue weighted by molar-refractivity contribution is 5.94. The highest BCUT2D eigenvalue weighted by Gasteiger charge is 2.73. The molecular formula is C17H11F7O5. The maximum absolute atomic E-state index is 13.2. The smallest absolute Gasteiger partial charge is 0.460 e. The largest absolute Gasteiger partial charge is 0.508 e. The number of phenolic OH excluding ortho intramolecular Hbond substituents is 2. The predicted octanol–water partition coefficient (Wildman–Crippen LogP) is 4.53. The summed E-state index contributed by atoms with van der Waals surface area (Å²) in [5.41, 5.74) is -0.308. The molecule has 2 rings (SSSR count). The zero-order valence-corrected chi connectivity index (χ0v) is 14.0. The third-order valence-corrected chi connectivity index (χ3v) is 3.47. The Morgan fingerprint density at radius 3 is 1.93 bits per heavy atom. The number of carbonyl (C=O) groups excluding carboxylic acids is 1. The van der Waals surface area contributed by atoms with E-state index in [2.05, 4.69) is 4.74 Å². The molecule has 5 nitrogen and oxygen atoms in total. The van der Waals surface area contributed by atoms with Crippen molar-refractivity contribution >= 4 is 5.97 Å². The van der Waals surface area contributed by atoms with Crippen LogP contribution in [0.5, 0.6) is 23.0 Å². The molecule has 0 aliphatic rings. The van der Waals surface area contributed by atoms with Gasteiger partial charge in [0.25, 0.3) is 0 Å². The van der Waals surface area contributed by atoms with E-state index in [0.29, 0.717) is 0 Å². The van der Waals surface area contributed by atoms with Gasteiger partial charge in [-0.1, -0.05) is 0 Å². The first kappa shape index (κ1) is 22.1. The number of hydrogen-bond acceptors (Lipinski definition) is 5. The summed E-state index contributed by atoms with van der Waals surface area (Å²) in [7, 11) is 0. The summed E-state index contributed by atoms with van der Waals surface area (Å²) < 4.78 is 97.3. The Balaban J connectivity index is 2.02. The third kappa shape index (κ3) is 4.81. The molecule has 2 N–H and O–H groups in total. The lowest BCUT2D eigenvalue weighted by molar-refractivity contribution is -0.358. The van der Waals surface area contributed by atoms with Crippen LogP contribution in [0.25, 0.3) is 0 Å². The fourth-order valence-corrected chi connectivity index (χ4v) is 1.93. The number of alkyl halides is 7. The average Bonchev–Trinajstić information content (AvgIpc) is 2.60. The molecule has 0 spiro atoms. The lowest BCUT2D eigenvalue weighted by Gasteiger charge is -2.27. The van der Waals surface area contributed by atoms with E-state index in [-0.39, 0.29) is 17.1 Å². The first-order chi connectivity index (χ1) is 13.2. The second-order valence-electron chi connectivity index (χ2n) is 5.63. The van der Waals surface area contributed by atoms with Crippen molar-refractivity contribution in [1.82, 2.24) is 0 Å². The summed E-state index contributed by atoms with van der Waals surface area (Å²) in [5.74, 6) is -14.4. The van der Waals surface area contributed by atoms with Gasteiger partial charge >= 0.3 is 24.0 Å². The number of benzene rings is 2. The number of aromatic hydroxyl groups is 2. The number of phenols is 2. The molecule has 0 aliphatic carbocycles. The first-order valence-corrected chi connectivity index (χ1v) is 7.54.